The highest BCUT2D eigenvalue weighted by Crippen LogP contribution is 2.21. The van der Waals surface area contributed by atoms with Gasteiger partial charge in [-0.2, -0.15) is 0 Å². The monoisotopic (exact) mass is 254 g/mol. The highest BCUT2D eigenvalue weighted by atomic mass is 15.1. The first-order valence-corrected chi connectivity index (χ1v) is 6.30. The van der Waals surface area contributed by atoms with Crippen LogP contribution < -0.4 is 10.6 Å². The van der Waals surface area contributed by atoms with Crippen LogP contribution in [0.15, 0.2) is 48.7 Å². The molecule has 0 saturated heterocycles. The summed E-state index contributed by atoms with van der Waals surface area (Å²) in [6, 6.07) is 13.6. The molecule has 1 aromatic heterocycles. The van der Waals surface area contributed by atoms with Gasteiger partial charge >= 0.3 is 0 Å². The van der Waals surface area contributed by atoms with Crippen molar-refractivity contribution in [1.82, 2.24) is 4.98 Å². The Labute approximate surface area is 113 Å². The molecule has 0 unspecified atom stereocenters. The Hall–Kier alpha value is -2.36. The second kappa shape index (κ2) is 6.00. The van der Waals surface area contributed by atoms with Gasteiger partial charge in [-0.15, -0.1) is 0 Å². The molecule has 98 valence electrons. The number of nitrogen functional groups attached to an aromatic ring is 1. The Morgan fingerprint density at radius 1 is 1.21 bits per heavy atom. The first-order valence-electron chi connectivity index (χ1n) is 6.30. The third-order valence-electron chi connectivity index (χ3n) is 3.00. The van der Waals surface area contributed by atoms with Gasteiger partial charge in [0.1, 0.15) is 5.84 Å². The number of amidine groups is 1. The molecule has 2 rings (SSSR count). The van der Waals surface area contributed by atoms with Crippen LogP contribution in [0.25, 0.3) is 0 Å². The van der Waals surface area contributed by atoms with E-state index < -0.39 is 0 Å². The van der Waals surface area contributed by atoms with Gasteiger partial charge in [-0.05, 0) is 31.2 Å². The average molecular weight is 254 g/mol. The topological polar surface area (TPSA) is 66.0 Å². The van der Waals surface area contributed by atoms with Gasteiger partial charge in [0.15, 0.2) is 0 Å². The zero-order valence-electron chi connectivity index (χ0n) is 11.0. The van der Waals surface area contributed by atoms with E-state index in [9.17, 15) is 0 Å². The van der Waals surface area contributed by atoms with Crippen LogP contribution in [-0.2, 0) is 6.54 Å². The summed E-state index contributed by atoms with van der Waals surface area (Å²) < 4.78 is 0. The second-order valence-electron chi connectivity index (χ2n) is 4.27. The van der Waals surface area contributed by atoms with E-state index in [4.69, 9.17) is 11.1 Å². The molecule has 1 aromatic carbocycles. The van der Waals surface area contributed by atoms with E-state index in [1.165, 1.54) is 0 Å². The molecule has 0 aliphatic rings. The molecule has 0 radical (unpaired) electrons. The number of pyridine rings is 1. The standard InChI is InChI=1S/C15H18N4/c1-2-19(11-12-7-5-6-10-18-12)14-9-4-3-8-13(14)15(16)17/h3-10H,2,11H2,1H3,(H3,16,17). The SMILES string of the molecule is CCN(Cc1ccccn1)c1ccccc1C(=N)N. The number of para-hydroxylation sites is 1. The summed E-state index contributed by atoms with van der Waals surface area (Å²) >= 11 is 0. The lowest BCUT2D eigenvalue weighted by Gasteiger charge is -2.25. The Morgan fingerprint density at radius 3 is 2.58 bits per heavy atom. The summed E-state index contributed by atoms with van der Waals surface area (Å²) in [5.74, 6) is 0.0927. The van der Waals surface area contributed by atoms with Crippen molar-refractivity contribution in [2.75, 3.05) is 11.4 Å². The molecule has 0 spiro atoms. The molecule has 4 nitrogen and oxygen atoms in total. The van der Waals surface area contributed by atoms with Gasteiger partial charge in [-0.3, -0.25) is 10.4 Å². The van der Waals surface area contributed by atoms with Crippen LogP contribution in [0, 0.1) is 5.41 Å². The van der Waals surface area contributed by atoms with Gasteiger partial charge in [0.25, 0.3) is 0 Å². The van der Waals surface area contributed by atoms with E-state index in [-0.39, 0.29) is 5.84 Å². The van der Waals surface area contributed by atoms with Gasteiger partial charge in [0.05, 0.1) is 12.2 Å². The van der Waals surface area contributed by atoms with E-state index in [1.54, 1.807) is 6.20 Å². The minimum Gasteiger partial charge on any atom is -0.384 e. The summed E-state index contributed by atoms with van der Waals surface area (Å²) in [5.41, 5.74) is 8.38. The van der Waals surface area contributed by atoms with Gasteiger partial charge in [0, 0.05) is 24.0 Å². The molecule has 0 aliphatic carbocycles. The number of nitrogens with zero attached hydrogens (tertiary/aromatic N) is 2. The fraction of sp³-hybridized carbons (Fsp3) is 0.200. The Morgan fingerprint density at radius 2 is 1.95 bits per heavy atom. The number of nitrogens with one attached hydrogen (secondary N) is 1. The lowest BCUT2D eigenvalue weighted by molar-refractivity contribution is 0.808. The van der Waals surface area contributed by atoms with E-state index in [0.29, 0.717) is 6.54 Å². The van der Waals surface area contributed by atoms with Crippen molar-refractivity contribution < 1.29 is 0 Å². The Balaban J connectivity index is 2.30. The van der Waals surface area contributed by atoms with E-state index in [2.05, 4.69) is 16.8 Å². The quantitative estimate of drug-likeness (QED) is 0.636. The molecular weight excluding hydrogens is 236 g/mol. The summed E-state index contributed by atoms with van der Waals surface area (Å²) in [5, 5.41) is 7.66. The van der Waals surface area contributed by atoms with E-state index >= 15 is 0 Å². The smallest absolute Gasteiger partial charge is 0.124 e. The molecule has 0 amide bonds. The Kier molecular flexibility index (Phi) is 4.13. The van der Waals surface area contributed by atoms with Gasteiger partial charge < -0.3 is 10.6 Å². The van der Waals surface area contributed by atoms with Crippen LogP contribution >= 0.6 is 0 Å². The lowest BCUT2D eigenvalue weighted by Crippen LogP contribution is -2.26. The average Bonchev–Trinajstić information content (AvgIpc) is 2.46. The number of anilines is 1. The maximum absolute atomic E-state index is 7.66. The molecule has 19 heavy (non-hydrogen) atoms. The number of hydrogen-bond donors (Lipinski definition) is 2. The van der Waals surface area contributed by atoms with Crippen molar-refractivity contribution in [3.63, 3.8) is 0 Å². The zero-order valence-corrected chi connectivity index (χ0v) is 11.0. The summed E-state index contributed by atoms with van der Waals surface area (Å²) in [4.78, 5) is 6.51. The molecule has 2 aromatic rings. The van der Waals surface area contributed by atoms with Crippen LogP contribution in [0.2, 0.25) is 0 Å². The predicted octanol–water partition coefficient (Wildman–Crippen LogP) is 2.39. The number of nitrogens with two attached hydrogens (primary N) is 1. The fourth-order valence-corrected chi connectivity index (χ4v) is 2.03. The molecule has 1 heterocycles. The predicted molar refractivity (Wildman–Crippen MR) is 78.4 cm³/mol. The van der Waals surface area contributed by atoms with Crippen molar-refractivity contribution >= 4 is 11.5 Å². The summed E-state index contributed by atoms with van der Waals surface area (Å²) in [7, 11) is 0. The number of hydrogen-bond acceptors (Lipinski definition) is 3. The number of aromatic nitrogens is 1. The van der Waals surface area contributed by atoms with Gasteiger partial charge in [-0.25, -0.2) is 0 Å². The molecule has 0 atom stereocenters. The van der Waals surface area contributed by atoms with Gasteiger partial charge in [0.2, 0.25) is 0 Å². The van der Waals surface area contributed by atoms with Crippen molar-refractivity contribution in [2.24, 2.45) is 5.73 Å². The molecule has 4 heteroatoms. The molecule has 0 bridgehead atoms. The van der Waals surface area contributed by atoms with Crippen LogP contribution in [0.3, 0.4) is 0 Å². The summed E-state index contributed by atoms with van der Waals surface area (Å²) in [6.07, 6.45) is 1.79. The van der Waals surface area contributed by atoms with Crippen molar-refractivity contribution in [3.05, 3.63) is 59.9 Å². The van der Waals surface area contributed by atoms with Crippen LogP contribution in [0.5, 0.6) is 0 Å². The fourth-order valence-electron chi connectivity index (χ4n) is 2.03. The van der Waals surface area contributed by atoms with Crippen LogP contribution in [0.4, 0.5) is 5.69 Å². The van der Waals surface area contributed by atoms with Crippen molar-refractivity contribution in [2.45, 2.75) is 13.5 Å². The highest BCUT2D eigenvalue weighted by Gasteiger charge is 2.11. The number of rotatable bonds is 5. The molecular formula is C15H18N4. The van der Waals surface area contributed by atoms with E-state index in [0.717, 1.165) is 23.5 Å². The van der Waals surface area contributed by atoms with E-state index in [1.807, 2.05) is 42.5 Å². The molecule has 0 fully saturated rings. The molecule has 3 N–H and O–H groups in total. The first kappa shape index (κ1) is 13.1. The summed E-state index contributed by atoms with van der Waals surface area (Å²) in [6.45, 7) is 3.63. The number of benzene rings is 1. The third-order valence-corrected chi connectivity index (χ3v) is 3.00. The van der Waals surface area contributed by atoms with Gasteiger partial charge in [-0.1, -0.05) is 18.2 Å². The maximum atomic E-state index is 7.66. The van der Waals surface area contributed by atoms with Crippen LogP contribution in [0.1, 0.15) is 18.2 Å². The first-order chi connectivity index (χ1) is 9.22. The maximum Gasteiger partial charge on any atom is 0.124 e. The lowest BCUT2D eigenvalue weighted by atomic mass is 10.1. The minimum absolute atomic E-state index is 0.0927. The largest absolute Gasteiger partial charge is 0.384 e. The Bertz CT molecular complexity index is 551. The minimum atomic E-state index is 0.0927. The second-order valence-corrected chi connectivity index (χ2v) is 4.27. The van der Waals surface area contributed by atoms with Crippen LogP contribution in [-0.4, -0.2) is 17.4 Å². The molecule has 0 saturated carbocycles. The zero-order chi connectivity index (χ0) is 13.7. The third kappa shape index (κ3) is 3.10. The van der Waals surface area contributed by atoms with Crippen molar-refractivity contribution in [3.8, 4) is 0 Å². The molecule has 0 aliphatic heterocycles. The normalized spacial score (nSPS) is 10.2. The highest BCUT2D eigenvalue weighted by molar-refractivity contribution is 6.00. The van der Waals surface area contributed by atoms with Crippen molar-refractivity contribution in [1.29, 1.82) is 5.41 Å².